The summed E-state index contributed by atoms with van der Waals surface area (Å²) in [6.45, 7) is 1.94. The van der Waals surface area contributed by atoms with Crippen molar-refractivity contribution in [1.29, 1.82) is 0 Å². The molecule has 184 valence electrons. The summed E-state index contributed by atoms with van der Waals surface area (Å²) in [5.41, 5.74) is 7.14. The molecule has 0 atom stereocenters. The molecule has 2 amide bonds. The van der Waals surface area contributed by atoms with Crippen LogP contribution in [0, 0.1) is 5.82 Å². The Morgan fingerprint density at radius 2 is 1.74 bits per heavy atom. The third-order valence-electron chi connectivity index (χ3n) is 6.13. The third-order valence-corrected chi connectivity index (χ3v) is 6.70. The van der Waals surface area contributed by atoms with Gasteiger partial charge in [-0.05, 0) is 69.4 Å². The van der Waals surface area contributed by atoms with Crippen molar-refractivity contribution in [2.75, 3.05) is 32.5 Å². The molecular formula is C24H25Cl2FN6O2. The maximum atomic E-state index is 13.6. The fourth-order valence-electron chi connectivity index (χ4n) is 4.12. The highest BCUT2D eigenvalue weighted by Gasteiger charge is 2.25. The van der Waals surface area contributed by atoms with Gasteiger partial charge in [0.25, 0.3) is 11.8 Å². The number of likely N-dealkylation sites (tertiary alicyclic amines) is 1. The van der Waals surface area contributed by atoms with Crippen molar-refractivity contribution in [2.45, 2.75) is 18.9 Å². The second-order valence-electron chi connectivity index (χ2n) is 8.57. The van der Waals surface area contributed by atoms with E-state index in [1.165, 1.54) is 10.9 Å². The number of nitrogens with zero attached hydrogens (tertiary/aromatic N) is 4. The van der Waals surface area contributed by atoms with Crippen LogP contribution in [-0.4, -0.2) is 64.6 Å². The van der Waals surface area contributed by atoms with Crippen molar-refractivity contribution in [2.24, 2.45) is 5.73 Å². The molecule has 1 saturated heterocycles. The first kappa shape index (κ1) is 25.0. The highest BCUT2D eigenvalue weighted by atomic mass is 35.5. The van der Waals surface area contributed by atoms with Gasteiger partial charge >= 0.3 is 0 Å². The fourth-order valence-corrected chi connectivity index (χ4v) is 4.75. The number of primary amides is 1. The van der Waals surface area contributed by atoms with Crippen molar-refractivity contribution in [1.82, 2.24) is 19.6 Å². The van der Waals surface area contributed by atoms with Crippen LogP contribution in [0.2, 0.25) is 10.0 Å². The Hall–Kier alpha value is -3.14. The number of hydrogen-bond donors (Lipinski definition) is 2. The zero-order chi connectivity index (χ0) is 25.3. The summed E-state index contributed by atoms with van der Waals surface area (Å²) in [5.74, 6) is -1.41. The number of nitrogens with one attached hydrogen (secondary N) is 1. The zero-order valence-electron chi connectivity index (χ0n) is 19.3. The average molecular weight is 519 g/mol. The van der Waals surface area contributed by atoms with Gasteiger partial charge in [0.15, 0.2) is 5.69 Å². The minimum Gasteiger partial charge on any atom is -0.364 e. The molecule has 35 heavy (non-hydrogen) atoms. The first-order valence-electron chi connectivity index (χ1n) is 11.0. The summed E-state index contributed by atoms with van der Waals surface area (Å²) >= 11 is 12.3. The number of piperidine rings is 1. The van der Waals surface area contributed by atoms with Crippen molar-refractivity contribution >= 4 is 46.4 Å². The van der Waals surface area contributed by atoms with E-state index in [0.29, 0.717) is 16.9 Å². The van der Waals surface area contributed by atoms with E-state index in [2.05, 4.69) is 22.4 Å². The Labute approximate surface area is 212 Å². The molecule has 3 N–H and O–H groups in total. The molecule has 2 heterocycles. The minimum absolute atomic E-state index is 0.0247. The van der Waals surface area contributed by atoms with E-state index < -0.39 is 11.7 Å². The second-order valence-corrected chi connectivity index (χ2v) is 9.39. The number of halogens is 3. The molecule has 1 aromatic heterocycles. The number of carbonyl (C=O) groups excluding carboxylic acids is 2. The van der Waals surface area contributed by atoms with Crippen LogP contribution < -0.4 is 11.1 Å². The number of hydrogen-bond acceptors (Lipinski definition) is 5. The van der Waals surface area contributed by atoms with Gasteiger partial charge in [0, 0.05) is 24.3 Å². The van der Waals surface area contributed by atoms with E-state index in [1.54, 1.807) is 29.2 Å². The number of aromatic nitrogens is 2. The fraction of sp³-hybridized carbons (Fsp3) is 0.292. The van der Waals surface area contributed by atoms with Gasteiger partial charge in [0.1, 0.15) is 11.5 Å². The normalized spacial score (nSPS) is 14.7. The molecule has 0 aliphatic carbocycles. The van der Waals surface area contributed by atoms with Crippen LogP contribution in [0.5, 0.6) is 0 Å². The highest BCUT2D eigenvalue weighted by Crippen LogP contribution is 2.31. The van der Waals surface area contributed by atoms with E-state index in [-0.39, 0.29) is 33.4 Å². The molecule has 1 fully saturated rings. The minimum atomic E-state index is -0.771. The molecule has 0 saturated carbocycles. The summed E-state index contributed by atoms with van der Waals surface area (Å²) in [7, 11) is 3.92. The molecule has 4 rings (SSSR count). The molecule has 8 nitrogen and oxygen atoms in total. The SMILES string of the molecule is CN1CCC(N(C)C(=O)c2ccc(Nc3cn(-c4c(Cl)cc(F)cc4Cl)nc3C(N)=O)cc2)CC1. The van der Waals surface area contributed by atoms with Gasteiger partial charge in [0.2, 0.25) is 0 Å². The molecule has 3 aromatic rings. The maximum absolute atomic E-state index is 13.6. The molecule has 0 spiro atoms. The Balaban J connectivity index is 1.54. The average Bonchev–Trinajstić information content (AvgIpc) is 3.22. The zero-order valence-corrected chi connectivity index (χ0v) is 20.8. The van der Waals surface area contributed by atoms with Crippen LogP contribution in [0.3, 0.4) is 0 Å². The molecule has 11 heteroatoms. The van der Waals surface area contributed by atoms with Gasteiger partial charge in [-0.15, -0.1) is 0 Å². The first-order chi connectivity index (χ1) is 16.6. The van der Waals surface area contributed by atoms with Crippen LogP contribution in [-0.2, 0) is 0 Å². The Morgan fingerprint density at radius 1 is 1.14 bits per heavy atom. The predicted octanol–water partition coefficient (Wildman–Crippen LogP) is 4.33. The van der Waals surface area contributed by atoms with E-state index >= 15 is 0 Å². The van der Waals surface area contributed by atoms with Crippen LogP contribution in [0.25, 0.3) is 5.69 Å². The molecule has 2 aromatic carbocycles. The van der Waals surface area contributed by atoms with E-state index in [0.717, 1.165) is 38.1 Å². The van der Waals surface area contributed by atoms with Crippen molar-refractivity contribution < 1.29 is 14.0 Å². The first-order valence-corrected chi connectivity index (χ1v) is 11.8. The maximum Gasteiger partial charge on any atom is 0.271 e. The van der Waals surface area contributed by atoms with Gasteiger partial charge in [-0.2, -0.15) is 5.10 Å². The number of carbonyl (C=O) groups is 2. The van der Waals surface area contributed by atoms with Crippen molar-refractivity contribution in [3.8, 4) is 5.69 Å². The van der Waals surface area contributed by atoms with E-state index in [9.17, 15) is 14.0 Å². The molecular weight excluding hydrogens is 494 g/mol. The van der Waals surface area contributed by atoms with Gasteiger partial charge in [0.05, 0.1) is 21.9 Å². The van der Waals surface area contributed by atoms with Gasteiger partial charge in [-0.1, -0.05) is 23.2 Å². The van der Waals surface area contributed by atoms with Gasteiger partial charge in [-0.25, -0.2) is 9.07 Å². The van der Waals surface area contributed by atoms with E-state index in [1.807, 2.05) is 7.05 Å². The molecule has 0 unspecified atom stereocenters. The lowest BCUT2D eigenvalue weighted by molar-refractivity contribution is 0.0659. The van der Waals surface area contributed by atoms with Crippen LogP contribution >= 0.6 is 23.2 Å². The molecule has 0 radical (unpaired) electrons. The summed E-state index contributed by atoms with van der Waals surface area (Å²) < 4.78 is 14.8. The summed E-state index contributed by atoms with van der Waals surface area (Å²) in [6, 6.07) is 9.31. The topological polar surface area (TPSA) is 96.5 Å². The highest BCUT2D eigenvalue weighted by molar-refractivity contribution is 6.37. The third kappa shape index (κ3) is 5.42. The summed E-state index contributed by atoms with van der Waals surface area (Å²) in [5, 5.41) is 7.31. The van der Waals surface area contributed by atoms with Crippen LogP contribution in [0.15, 0.2) is 42.6 Å². The van der Waals surface area contributed by atoms with Crippen LogP contribution in [0.1, 0.15) is 33.7 Å². The number of nitrogens with two attached hydrogens (primary N) is 1. The standard InChI is InChI=1S/C24H25Cl2FN6O2/c1-31-9-7-17(8-10-31)32(2)24(35)14-3-5-16(6-4-14)29-20-13-33(30-21(20)23(28)34)22-18(25)11-15(27)12-19(22)26/h3-6,11-13,17,29H,7-10H2,1-2H3,(H2,28,34). The van der Waals surface area contributed by atoms with E-state index in [4.69, 9.17) is 28.9 Å². The molecule has 1 aliphatic rings. The quantitative estimate of drug-likeness (QED) is 0.506. The summed E-state index contributed by atoms with van der Waals surface area (Å²) in [6.07, 6.45) is 3.37. The van der Waals surface area contributed by atoms with Crippen molar-refractivity contribution in [3.63, 3.8) is 0 Å². The second kappa shape index (κ2) is 10.2. The lowest BCUT2D eigenvalue weighted by Gasteiger charge is -2.35. The molecule has 1 aliphatic heterocycles. The molecule has 0 bridgehead atoms. The lowest BCUT2D eigenvalue weighted by atomic mass is 10.0. The Morgan fingerprint density at radius 3 is 2.31 bits per heavy atom. The summed E-state index contributed by atoms with van der Waals surface area (Å²) in [4.78, 5) is 29.0. The van der Waals surface area contributed by atoms with Gasteiger partial charge < -0.3 is 20.9 Å². The Bertz CT molecular complexity index is 1230. The monoisotopic (exact) mass is 518 g/mol. The number of benzene rings is 2. The van der Waals surface area contributed by atoms with Gasteiger partial charge in [-0.3, -0.25) is 9.59 Å². The van der Waals surface area contributed by atoms with Crippen molar-refractivity contribution in [3.05, 3.63) is 69.7 Å². The van der Waals surface area contributed by atoms with Crippen LogP contribution in [0.4, 0.5) is 15.8 Å². The predicted molar refractivity (Wildman–Crippen MR) is 134 cm³/mol. The number of amides is 2. The number of anilines is 2. The lowest BCUT2D eigenvalue weighted by Crippen LogP contribution is -2.44. The Kier molecular flexibility index (Phi) is 7.30. The largest absolute Gasteiger partial charge is 0.364 e. The smallest absolute Gasteiger partial charge is 0.271 e. The number of rotatable bonds is 6.